The lowest BCUT2D eigenvalue weighted by Gasteiger charge is -2.31. The number of epoxide rings is 2. The van der Waals surface area contributed by atoms with E-state index in [-0.39, 0.29) is 40.5 Å². The average molecular weight is 450 g/mol. The van der Waals surface area contributed by atoms with Crippen LogP contribution in [-0.4, -0.2) is 35.6 Å². The minimum Gasteiger partial charge on any atom is -0.507 e. The molecular formula is C26H26O7. The molecule has 2 fully saturated rings. The van der Waals surface area contributed by atoms with E-state index < -0.39 is 5.60 Å². The quantitative estimate of drug-likeness (QED) is 0.585. The van der Waals surface area contributed by atoms with Crippen LogP contribution in [0.1, 0.15) is 44.9 Å². The van der Waals surface area contributed by atoms with E-state index in [1.807, 2.05) is 27.7 Å². The Labute approximate surface area is 190 Å². The number of benzene rings is 2. The molecule has 7 nitrogen and oxygen atoms in total. The summed E-state index contributed by atoms with van der Waals surface area (Å²) in [5.74, 6) is 1.11. The van der Waals surface area contributed by atoms with Gasteiger partial charge in [0.05, 0.1) is 29.9 Å². The number of phenolic OH excluding ortho intramolecular Hbond substituents is 1. The predicted octanol–water partition coefficient (Wildman–Crippen LogP) is 4.51. The van der Waals surface area contributed by atoms with Crippen LogP contribution in [-0.2, 0) is 15.9 Å². The average Bonchev–Trinajstić information content (AvgIpc) is 3.67. The summed E-state index contributed by atoms with van der Waals surface area (Å²) in [6.45, 7) is 7.94. The molecule has 2 aromatic carbocycles. The van der Waals surface area contributed by atoms with Crippen molar-refractivity contribution in [2.75, 3.05) is 7.11 Å². The summed E-state index contributed by atoms with van der Waals surface area (Å²) in [6.07, 6.45) is 1.41. The number of fused-ring (bicyclic) bond motifs is 5. The maximum atomic E-state index is 13.7. The fraction of sp³-hybridized carbons (Fsp3) is 0.423. The summed E-state index contributed by atoms with van der Waals surface area (Å²) < 4.78 is 29.3. The maximum Gasteiger partial charge on any atom is 0.204 e. The maximum absolute atomic E-state index is 13.7. The van der Waals surface area contributed by atoms with Crippen LogP contribution in [0.25, 0.3) is 22.1 Å². The first-order valence-corrected chi connectivity index (χ1v) is 11.1. The van der Waals surface area contributed by atoms with E-state index in [1.54, 1.807) is 31.4 Å². The molecule has 6 rings (SSSR count). The van der Waals surface area contributed by atoms with Crippen LogP contribution < -0.4 is 14.9 Å². The van der Waals surface area contributed by atoms with Crippen molar-refractivity contribution < 1.29 is 28.5 Å². The number of ether oxygens (including phenoxy) is 4. The van der Waals surface area contributed by atoms with Crippen molar-refractivity contribution in [1.29, 1.82) is 0 Å². The molecule has 3 aliphatic heterocycles. The number of rotatable bonds is 4. The van der Waals surface area contributed by atoms with Crippen molar-refractivity contribution in [2.24, 2.45) is 0 Å². The van der Waals surface area contributed by atoms with Gasteiger partial charge in [0, 0.05) is 12.0 Å². The number of hydrogen-bond acceptors (Lipinski definition) is 7. The molecule has 0 radical (unpaired) electrons. The molecule has 172 valence electrons. The Morgan fingerprint density at radius 1 is 1.09 bits per heavy atom. The van der Waals surface area contributed by atoms with Crippen LogP contribution in [0.15, 0.2) is 39.7 Å². The van der Waals surface area contributed by atoms with Crippen molar-refractivity contribution in [3.8, 4) is 28.4 Å². The molecule has 3 aromatic rings. The van der Waals surface area contributed by atoms with E-state index in [0.29, 0.717) is 45.8 Å². The van der Waals surface area contributed by atoms with E-state index in [0.717, 1.165) is 0 Å². The molecule has 0 aliphatic carbocycles. The zero-order valence-corrected chi connectivity index (χ0v) is 19.2. The standard InChI is InChI=1S/C26H26O7/c1-25(2)16(32-25)10-14-19(27)17-20(28)15(12-6-8-13(29-5)9-7-12)11-30-22(17)18-21(14)33-26(3,4)24-23(18)31-24/h6-9,11,16,23-24,27H,10H2,1-5H3. The Bertz CT molecular complexity index is 1350. The first-order chi connectivity index (χ1) is 15.6. The second-order valence-electron chi connectivity index (χ2n) is 10.1. The molecule has 3 aliphatic rings. The first-order valence-electron chi connectivity index (χ1n) is 11.1. The Hall–Kier alpha value is -3.03. The minimum absolute atomic E-state index is 0.0775. The minimum atomic E-state index is -0.560. The topological polar surface area (TPSA) is 94.0 Å². The number of aromatic hydroxyl groups is 1. The number of hydrogen-bond donors (Lipinski definition) is 1. The highest BCUT2D eigenvalue weighted by Crippen LogP contribution is 2.59. The SMILES string of the molecule is COc1ccc(-c2coc3c4c(c(CC5OC5(C)C)c(O)c3c2=O)OC(C)(C)C2OC42)cc1. The Kier molecular flexibility index (Phi) is 4.06. The third-order valence-corrected chi connectivity index (χ3v) is 7.06. The molecule has 33 heavy (non-hydrogen) atoms. The molecule has 7 heteroatoms. The third-order valence-electron chi connectivity index (χ3n) is 7.06. The smallest absolute Gasteiger partial charge is 0.204 e. The molecular weight excluding hydrogens is 424 g/mol. The molecule has 0 bridgehead atoms. The van der Waals surface area contributed by atoms with Gasteiger partial charge >= 0.3 is 0 Å². The summed E-state index contributed by atoms with van der Waals surface area (Å²) in [7, 11) is 1.59. The number of methoxy groups -OCH3 is 1. The first kappa shape index (κ1) is 20.6. The van der Waals surface area contributed by atoms with Gasteiger partial charge in [-0.15, -0.1) is 0 Å². The van der Waals surface area contributed by atoms with Gasteiger partial charge in [0.1, 0.15) is 46.7 Å². The zero-order valence-electron chi connectivity index (χ0n) is 19.2. The molecule has 0 spiro atoms. The molecule has 1 N–H and O–H groups in total. The van der Waals surface area contributed by atoms with Gasteiger partial charge in [0.2, 0.25) is 5.43 Å². The van der Waals surface area contributed by atoms with Gasteiger partial charge in [-0.3, -0.25) is 4.79 Å². The van der Waals surface area contributed by atoms with Crippen LogP contribution >= 0.6 is 0 Å². The summed E-state index contributed by atoms with van der Waals surface area (Å²) in [5.41, 5.74) is 1.46. The molecule has 2 saturated heterocycles. The third kappa shape index (κ3) is 2.99. The van der Waals surface area contributed by atoms with Gasteiger partial charge in [0.25, 0.3) is 0 Å². The molecule has 3 atom stereocenters. The van der Waals surface area contributed by atoms with Crippen molar-refractivity contribution in [3.05, 3.63) is 51.9 Å². The molecule has 4 heterocycles. The lowest BCUT2D eigenvalue weighted by Crippen LogP contribution is -2.38. The van der Waals surface area contributed by atoms with Gasteiger partial charge < -0.3 is 28.5 Å². The monoisotopic (exact) mass is 450 g/mol. The van der Waals surface area contributed by atoms with E-state index in [9.17, 15) is 9.90 Å². The highest BCUT2D eigenvalue weighted by molar-refractivity contribution is 5.93. The van der Waals surface area contributed by atoms with Crippen LogP contribution in [0.5, 0.6) is 17.2 Å². The fourth-order valence-corrected chi connectivity index (χ4v) is 4.93. The molecule has 3 unspecified atom stereocenters. The second-order valence-corrected chi connectivity index (χ2v) is 10.1. The van der Waals surface area contributed by atoms with Gasteiger partial charge in [-0.2, -0.15) is 0 Å². The Balaban J connectivity index is 1.59. The predicted molar refractivity (Wildman–Crippen MR) is 121 cm³/mol. The van der Waals surface area contributed by atoms with E-state index >= 15 is 0 Å². The van der Waals surface area contributed by atoms with Crippen molar-refractivity contribution >= 4 is 11.0 Å². The van der Waals surface area contributed by atoms with E-state index in [2.05, 4.69) is 0 Å². The van der Waals surface area contributed by atoms with Crippen molar-refractivity contribution in [3.63, 3.8) is 0 Å². The van der Waals surface area contributed by atoms with Crippen LogP contribution in [0.2, 0.25) is 0 Å². The van der Waals surface area contributed by atoms with Gasteiger partial charge in [0.15, 0.2) is 5.58 Å². The molecule has 0 saturated carbocycles. The van der Waals surface area contributed by atoms with E-state index in [1.165, 1.54) is 6.26 Å². The molecule has 0 amide bonds. The normalized spacial score (nSPS) is 25.7. The molecule has 1 aromatic heterocycles. The summed E-state index contributed by atoms with van der Waals surface area (Å²) in [6, 6.07) is 7.14. The largest absolute Gasteiger partial charge is 0.507 e. The van der Waals surface area contributed by atoms with Gasteiger partial charge in [-0.25, -0.2) is 0 Å². The lowest BCUT2D eigenvalue weighted by atomic mass is 9.88. The van der Waals surface area contributed by atoms with Crippen molar-refractivity contribution in [2.45, 2.75) is 63.6 Å². The van der Waals surface area contributed by atoms with Crippen LogP contribution in [0.4, 0.5) is 0 Å². The van der Waals surface area contributed by atoms with Crippen LogP contribution in [0, 0.1) is 0 Å². The van der Waals surface area contributed by atoms with Crippen LogP contribution in [0.3, 0.4) is 0 Å². The summed E-state index contributed by atoms with van der Waals surface area (Å²) in [4.78, 5) is 13.7. The Morgan fingerprint density at radius 2 is 1.79 bits per heavy atom. The highest BCUT2D eigenvalue weighted by atomic mass is 16.6. The zero-order chi connectivity index (χ0) is 23.3. The fourth-order valence-electron chi connectivity index (χ4n) is 4.93. The number of phenols is 1. The second kappa shape index (κ2) is 6.52. The van der Waals surface area contributed by atoms with Gasteiger partial charge in [-0.05, 0) is 45.4 Å². The van der Waals surface area contributed by atoms with E-state index in [4.69, 9.17) is 23.4 Å². The lowest BCUT2D eigenvalue weighted by molar-refractivity contribution is 0.0710. The summed E-state index contributed by atoms with van der Waals surface area (Å²) >= 11 is 0. The summed E-state index contributed by atoms with van der Waals surface area (Å²) in [5, 5.41) is 11.5. The Morgan fingerprint density at radius 3 is 2.42 bits per heavy atom. The van der Waals surface area contributed by atoms with Gasteiger partial charge in [-0.1, -0.05) is 12.1 Å². The highest BCUT2D eigenvalue weighted by Gasteiger charge is 2.59. The van der Waals surface area contributed by atoms with Crippen molar-refractivity contribution in [1.82, 2.24) is 0 Å².